The van der Waals surface area contributed by atoms with Crippen LogP contribution >= 0.6 is 0 Å². The van der Waals surface area contributed by atoms with Crippen molar-refractivity contribution in [1.29, 1.82) is 0 Å². The van der Waals surface area contributed by atoms with Crippen molar-refractivity contribution >= 4 is 12.3 Å². The molecule has 0 spiro atoms. The molecule has 2 aromatic rings. The maximum Gasteiger partial charge on any atom is 0.339 e. The molecule has 0 aliphatic heterocycles. The van der Waals surface area contributed by atoms with Crippen molar-refractivity contribution in [2.24, 2.45) is 0 Å². The molecule has 4 nitrogen and oxygen atoms in total. The Morgan fingerprint density at radius 1 is 1.00 bits per heavy atom. The molecule has 0 heterocycles. The molecule has 2 aromatic carbocycles. The number of rotatable bonds is 3. The summed E-state index contributed by atoms with van der Waals surface area (Å²) in [6.07, 6.45) is 0.739. The zero-order chi connectivity index (χ0) is 13.1. The number of carbonyl (C=O) groups excluding carboxylic acids is 1. The first-order chi connectivity index (χ1) is 8.61. The Morgan fingerprint density at radius 3 is 2.17 bits per heavy atom. The van der Waals surface area contributed by atoms with E-state index in [2.05, 4.69) is 0 Å². The fourth-order valence-electron chi connectivity index (χ4n) is 1.64. The molecule has 4 heteroatoms. The monoisotopic (exact) mass is 242 g/mol. The van der Waals surface area contributed by atoms with Crippen LogP contribution in [0, 0.1) is 0 Å². The van der Waals surface area contributed by atoms with Gasteiger partial charge in [-0.05, 0) is 23.3 Å². The van der Waals surface area contributed by atoms with Crippen LogP contribution in [-0.4, -0.2) is 22.5 Å². The SMILES string of the molecule is O=Cc1ccc(-c2ccc(O)c(C(=O)O)c2)cc1. The number of benzene rings is 2. The van der Waals surface area contributed by atoms with E-state index in [1.807, 2.05) is 0 Å². The van der Waals surface area contributed by atoms with Gasteiger partial charge in [-0.3, -0.25) is 4.79 Å². The highest BCUT2D eigenvalue weighted by atomic mass is 16.4. The fourth-order valence-corrected chi connectivity index (χ4v) is 1.64. The van der Waals surface area contributed by atoms with Crippen molar-refractivity contribution in [3.8, 4) is 16.9 Å². The summed E-state index contributed by atoms with van der Waals surface area (Å²) in [5.74, 6) is -1.45. The number of hydrogen-bond acceptors (Lipinski definition) is 3. The molecule has 0 bridgehead atoms. The van der Waals surface area contributed by atoms with Gasteiger partial charge >= 0.3 is 5.97 Å². The Bertz CT molecular complexity index is 600. The van der Waals surface area contributed by atoms with Gasteiger partial charge in [-0.1, -0.05) is 30.3 Å². The lowest BCUT2D eigenvalue weighted by Crippen LogP contribution is -1.97. The molecule has 18 heavy (non-hydrogen) atoms. The van der Waals surface area contributed by atoms with Gasteiger partial charge in [0.25, 0.3) is 0 Å². The van der Waals surface area contributed by atoms with E-state index in [9.17, 15) is 14.7 Å². The summed E-state index contributed by atoms with van der Waals surface area (Å²) in [7, 11) is 0. The Kier molecular flexibility index (Phi) is 3.10. The topological polar surface area (TPSA) is 74.6 Å². The molecule has 0 radical (unpaired) electrons. The van der Waals surface area contributed by atoms with Crippen molar-refractivity contribution < 1.29 is 19.8 Å². The summed E-state index contributed by atoms with van der Waals surface area (Å²) in [5, 5.41) is 18.3. The Hall–Kier alpha value is -2.62. The molecule has 0 aliphatic carbocycles. The van der Waals surface area contributed by atoms with E-state index in [0.29, 0.717) is 11.1 Å². The summed E-state index contributed by atoms with van der Waals surface area (Å²) in [4.78, 5) is 21.4. The molecule has 2 rings (SSSR count). The molecule has 0 saturated heterocycles. The summed E-state index contributed by atoms with van der Waals surface area (Å²) in [5.41, 5.74) is 1.86. The number of aromatic hydroxyl groups is 1. The highest BCUT2D eigenvalue weighted by Crippen LogP contribution is 2.26. The van der Waals surface area contributed by atoms with Gasteiger partial charge in [0.2, 0.25) is 0 Å². The van der Waals surface area contributed by atoms with E-state index in [4.69, 9.17) is 5.11 Å². The number of hydrogen-bond donors (Lipinski definition) is 2. The van der Waals surface area contributed by atoms with E-state index in [0.717, 1.165) is 11.8 Å². The number of carbonyl (C=O) groups is 2. The maximum absolute atomic E-state index is 10.9. The van der Waals surface area contributed by atoms with Crippen LogP contribution in [0.4, 0.5) is 0 Å². The number of carboxylic acid groups (broad SMARTS) is 1. The number of aldehydes is 1. The number of aromatic carboxylic acids is 1. The van der Waals surface area contributed by atoms with Crippen LogP contribution in [0.25, 0.3) is 11.1 Å². The molecule has 0 fully saturated rings. The molecular weight excluding hydrogens is 232 g/mol. The van der Waals surface area contributed by atoms with Gasteiger partial charge in [-0.2, -0.15) is 0 Å². The van der Waals surface area contributed by atoms with Crippen molar-refractivity contribution in [3.05, 3.63) is 53.6 Å². The Labute approximate surface area is 103 Å². The first-order valence-electron chi connectivity index (χ1n) is 5.24. The van der Waals surface area contributed by atoms with Gasteiger partial charge < -0.3 is 10.2 Å². The second kappa shape index (κ2) is 4.71. The minimum absolute atomic E-state index is 0.146. The highest BCUT2D eigenvalue weighted by molar-refractivity contribution is 5.92. The number of phenols is 1. The van der Waals surface area contributed by atoms with Gasteiger partial charge in [-0.15, -0.1) is 0 Å². The molecule has 2 N–H and O–H groups in total. The van der Waals surface area contributed by atoms with Crippen LogP contribution in [0.5, 0.6) is 5.75 Å². The fraction of sp³-hybridized carbons (Fsp3) is 0. The standard InChI is InChI=1S/C14H10O4/c15-8-9-1-3-10(4-2-9)11-5-6-13(16)12(7-11)14(17)18/h1-8,16H,(H,17,18). The summed E-state index contributed by atoms with van der Waals surface area (Å²) >= 11 is 0. The molecule has 0 atom stereocenters. The van der Waals surface area contributed by atoms with Gasteiger partial charge in [0.1, 0.15) is 17.6 Å². The predicted molar refractivity (Wildman–Crippen MR) is 65.9 cm³/mol. The van der Waals surface area contributed by atoms with Crippen LogP contribution in [0.1, 0.15) is 20.7 Å². The highest BCUT2D eigenvalue weighted by Gasteiger charge is 2.10. The molecular formula is C14H10O4. The molecule has 0 aliphatic rings. The minimum Gasteiger partial charge on any atom is -0.507 e. The average Bonchev–Trinajstić information content (AvgIpc) is 2.39. The third-order valence-corrected chi connectivity index (χ3v) is 2.61. The molecule has 0 amide bonds. The maximum atomic E-state index is 10.9. The Balaban J connectivity index is 2.47. The predicted octanol–water partition coefficient (Wildman–Crippen LogP) is 2.57. The van der Waals surface area contributed by atoms with Gasteiger partial charge in [0.05, 0.1) is 0 Å². The van der Waals surface area contributed by atoms with E-state index >= 15 is 0 Å². The molecule has 0 aromatic heterocycles. The minimum atomic E-state index is -1.18. The summed E-state index contributed by atoms with van der Waals surface area (Å²) < 4.78 is 0. The molecule has 0 unspecified atom stereocenters. The smallest absolute Gasteiger partial charge is 0.339 e. The second-order valence-corrected chi connectivity index (χ2v) is 3.78. The van der Waals surface area contributed by atoms with Crippen LogP contribution in [0.15, 0.2) is 42.5 Å². The van der Waals surface area contributed by atoms with Crippen molar-refractivity contribution in [3.63, 3.8) is 0 Å². The molecule has 0 saturated carbocycles. The van der Waals surface area contributed by atoms with Crippen molar-refractivity contribution in [1.82, 2.24) is 0 Å². The second-order valence-electron chi connectivity index (χ2n) is 3.78. The zero-order valence-electron chi connectivity index (χ0n) is 9.33. The third-order valence-electron chi connectivity index (χ3n) is 2.61. The molecule has 90 valence electrons. The largest absolute Gasteiger partial charge is 0.507 e. The van der Waals surface area contributed by atoms with Gasteiger partial charge in [0.15, 0.2) is 0 Å². The van der Waals surface area contributed by atoms with E-state index in [1.165, 1.54) is 12.1 Å². The van der Waals surface area contributed by atoms with Crippen molar-refractivity contribution in [2.75, 3.05) is 0 Å². The van der Waals surface area contributed by atoms with E-state index in [1.54, 1.807) is 30.3 Å². The van der Waals surface area contributed by atoms with Gasteiger partial charge in [0, 0.05) is 5.56 Å². The first kappa shape index (κ1) is 11.9. The first-order valence-corrected chi connectivity index (χ1v) is 5.24. The third kappa shape index (κ3) is 2.22. The van der Waals surface area contributed by atoms with Crippen LogP contribution in [-0.2, 0) is 0 Å². The van der Waals surface area contributed by atoms with E-state index in [-0.39, 0.29) is 11.3 Å². The summed E-state index contributed by atoms with van der Waals surface area (Å²) in [6, 6.07) is 11.1. The van der Waals surface area contributed by atoms with Gasteiger partial charge in [-0.25, -0.2) is 4.79 Å². The van der Waals surface area contributed by atoms with Crippen LogP contribution in [0.2, 0.25) is 0 Å². The zero-order valence-corrected chi connectivity index (χ0v) is 9.33. The van der Waals surface area contributed by atoms with Crippen LogP contribution in [0.3, 0.4) is 0 Å². The lowest BCUT2D eigenvalue weighted by Gasteiger charge is -2.05. The average molecular weight is 242 g/mol. The Morgan fingerprint density at radius 2 is 1.61 bits per heavy atom. The quantitative estimate of drug-likeness (QED) is 0.811. The normalized spacial score (nSPS) is 10.0. The lowest BCUT2D eigenvalue weighted by atomic mass is 10.0. The van der Waals surface area contributed by atoms with Crippen molar-refractivity contribution in [2.45, 2.75) is 0 Å². The van der Waals surface area contributed by atoms with Crippen LogP contribution < -0.4 is 0 Å². The van der Waals surface area contributed by atoms with E-state index < -0.39 is 5.97 Å². The summed E-state index contributed by atoms with van der Waals surface area (Å²) in [6.45, 7) is 0. The number of carboxylic acids is 1. The lowest BCUT2D eigenvalue weighted by molar-refractivity contribution is 0.0693.